The van der Waals surface area contributed by atoms with E-state index < -0.39 is 0 Å². The van der Waals surface area contributed by atoms with Crippen molar-refractivity contribution in [3.05, 3.63) is 47.7 Å². The summed E-state index contributed by atoms with van der Waals surface area (Å²) in [6, 6.07) is 7.71. The third kappa shape index (κ3) is 2.69. The van der Waals surface area contributed by atoms with Crippen LogP contribution in [-0.2, 0) is 0 Å². The van der Waals surface area contributed by atoms with Crippen LogP contribution in [0.15, 0.2) is 42.1 Å². The predicted molar refractivity (Wildman–Crippen MR) is 76.2 cm³/mol. The van der Waals surface area contributed by atoms with Crippen LogP contribution in [-0.4, -0.2) is 30.5 Å². The van der Waals surface area contributed by atoms with Gasteiger partial charge in [0, 0.05) is 30.4 Å². The van der Waals surface area contributed by atoms with E-state index in [0.717, 1.165) is 30.4 Å². The average molecular weight is 255 g/mol. The molecular weight excluding hydrogens is 238 g/mol. The number of rotatable bonds is 3. The second-order valence-electron chi connectivity index (χ2n) is 4.78. The lowest BCUT2D eigenvalue weighted by Gasteiger charge is -2.14. The number of carbonyl (C=O) groups excluding carboxylic acids is 1. The van der Waals surface area contributed by atoms with Crippen molar-refractivity contribution in [3.8, 4) is 0 Å². The Bertz CT molecular complexity index is 627. The van der Waals surface area contributed by atoms with Gasteiger partial charge in [-0.25, -0.2) is 0 Å². The maximum Gasteiger partial charge on any atom is 0.251 e. The number of amides is 1. The Kier molecular flexibility index (Phi) is 3.33. The van der Waals surface area contributed by atoms with Crippen LogP contribution in [0.2, 0.25) is 0 Å². The summed E-state index contributed by atoms with van der Waals surface area (Å²) >= 11 is 0. The highest BCUT2D eigenvalue weighted by molar-refractivity contribution is 5.97. The third-order valence-electron chi connectivity index (χ3n) is 3.45. The van der Waals surface area contributed by atoms with Crippen molar-refractivity contribution in [3.63, 3.8) is 0 Å². The van der Waals surface area contributed by atoms with Gasteiger partial charge in [0.1, 0.15) is 0 Å². The summed E-state index contributed by atoms with van der Waals surface area (Å²) in [5, 5.41) is 7.36. The highest BCUT2D eigenvalue weighted by atomic mass is 16.1. The lowest BCUT2D eigenvalue weighted by Crippen LogP contribution is -2.29. The number of hydrogen-bond donors (Lipinski definition) is 3. The summed E-state index contributed by atoms with van der Waals surface area (Å²) in [4.78, 5) is 15.2. The Labute approximate surface area is 111 Å². The lowest BCUT2D eigenvalue weighted by molar-refractivity contribution is 0.0956. The van der Waals surface area contributed by atoms with Gasteiger partial charge in [-0.05, 0) is 36.6 Å². The number of carbonyl (C=O) groups is 1. The smallest absolute Gasteiger partial charge is 0.251 e. The SMILES string of the molecule is O=C(NCC1=CCNCC1)c1ccc2cc[nH]c2c1. The van der Waals surface area contributed by atoms with E-state index in [0.29, 0.717) is 12.1 Å². The number of H-pyrrole nitrogens is 1. The molecule has 0 bridgehead atoms. The Morgan fingerprint density at radius 3 is 3.11 bits per heavy atom. The second kappa shape index (κ2) is 5.28. The highest BCUT2D eigenvalue weighted by Crippen LogP contribution is 2.14. The maximum atomic E-state index is 12.1. The zero-order valence-corrected chi connectivity index (χ0v) is 10.7. The first-order valence-electron chi connectivity index (χ1n) is 6.57. The molecule has 1 aliphatic rings. The molecule has 1 aromatic heterocycles. The summed E-state index contributed by atoms with van der Waals surface area (Å²) in [6.07, 6.45) is 5.04. The third-order valence-corrected chi connectivity index (χ3v) is 3.45. The molecule has 0 saturated carbocycles. The first-order chi connectivity index (χ1) is 9.33. The molecular formula is C15H17N3O. The van der Waals surface area contributed by atoms with Gasteiger partial charge in [-0.2, -0.15) is 0 Å². The minimum atomic E-state index is -0.0177. The van der Waals surface area contributed by atoms with E-state index >= 15 is 0 Å². The summed E-state index contributed by atoms with van der Waals surface area (Å²) in [7, 11) is 0. The second-order valence-corrected chi connectivity index (χ2v) is 4.78. The summed E-state index contributed by atoms with van der Waals surface area (Å²) in [5.41, 5.74) is 2.99. The van der Waals surface area contributed by atoms with Gasteiger partial charge in [-0.15, -0.1) is 0 Å². The fraction of sp³-hybridized carbons (Fsp3) is 0.267. The van der Waals surface area contributed by atoms with Crippen LogP contribution in [0.25, 0.3) is 10.9 Å². The number of hydrogen-bond acceptors (Lipinski definition) is 2. The Balaban J connectivity index is 1.67. The molecule has 0 atom stereocenters. The maximum absolute atomic E-state index is 12.1. The quantitative estimate of drug-likeness (QED) is 0.733. The van der Waals surface area contributed by atoms with E-state index in [-0.39, 0.29) is 5.91 Å². The van der Waals surface area contributed by atoms with E-state index in [1.165, 1.54) is 5.57 Å². The highest BCUT2D eigenvalue weighted by Gasteiger charge is 2.08. The molecule has 0 unspecified atom stereocenters. The average Bonchev–Trinajstić information content (AvgIpc) is 2.93. The van der Waals surface area contributed by atoms with E-state index in [1.54, 1.807) is 0 Å². The Hall–Kier alpha value is -2.07. The van der Waals surface area contributed by atoms with Crippen molar-refractivity contribution in [2.24, 2.45) is 0 Å². The number of aromatic amines is 1. The van der Waals surface area contributed by atoms with Crippen molar-refractivity contribution in [2.45, 2.75) is 6.42 Å². The van der Waals surface area contributed by atoms with Gasteiger partial charge in [-0.1, -0.05) is 17.7 Å². The number of benzene rings is 1. The summed E-state index contributed by atoms with van der Waals surface area (Å²) in [6.45, 7) is 2.54. The molecule has 2 heterocycles. The molecule has 3 rings (SSSR count). The van der Waals surface area contributed by atoms with E-state index in [1.807, 2.05) is 30.5 Å². The monoisotopic (exact) mass is 255 g/mol. The molecule has 1 aromatic carbocycles. The van der Waals surface area contributed by atoms with Crippen molar-refractivity contribution in [1.82, 2.24) is 15.6 Å². The minimum Gasteiger partial charge on any atom is -0.361 e. The molecule has 1 amide bonds. The molecule has 19 heavy (non-hydrogen) atoms. The molecule has 98 valence electrons. The van der Waals surface area contributed by atoms with Gasteiger partial charge in [0.25, 0.3) is 5.91 Å². The zero-order valence-electron chi connectivity index (χ0n) is 10.7. The first-order valence-corrected chi connectivity index (χ1v) is 6.57. The molecule has 2 aromatic rings. The number of fused-ring (bicyclic) bond motifs is 1. The van der Waals surface area contributed by atoms with Crippen LogP contribution in [0, 0.1) is 0 Å². The van der Waals surface area contributed by atoms with E-state index in [4.69, 9.17) is 0 Å². The van der Waals surface area contributed by atoms with E-state index in [2.05, 4.69) is 21.7 Å². The Morgan fingerprint density at radius 2 is 2.26 bits per heavy atom. The zero-order chi connectivity index (χ0) is 13.1. The van der Waals surface area contributed by atoms with Gasteiger partial charge in [0.15, 0.2) is 0 Å². The molecule has 0 aliphatic carbocycles. The van der Waals surface area contributed by atoms with Crippen LogP contribution >= 0.6 is 0 Å². The lowest BCUT2D eigenvalue weighted by atomic mass is 10.1. The van der Waals surface area contributed by atoms with Crippen molar-refractivity contribution in [1.29, 1.82) is 0 Å². The van der Waals surface area contributed by atoms with Crippen LogP contribution in [0.3, 0.4) is 0 Å². The standard InChI is InChI=1S/C15H17N3O/c19-15(18-10-11-3-6-16-7-4-11)13-2-1-12-5-8-17-14(12)9-13/h1-3,5,8-9,16-17H,4,6-7,10H2,(H,18,19). The summed E-state index contributed by atoms with van der Waals surface area (Å²) < 4.78 is 0. The topological polar surface area (TPSA) is 56.9 Å². The Morgan fingerprint density at radius 1 is 1.32 bits per heavy atom. The largest absolute Gasteiger partial charge is 0.361 e. The van der Waals surface area contributed by atoms with E-state index in [9.17, 15) is 4.79 Å². The molecule has 0 spiro atoms. The van der Waals surface area contributed by atoms with Crippen molar-refractivity contribution in [2.75, 3.05) is 19.6 Å². The molecule has 4 nitrogen and oxygen atoms in total. The molecule has 0 fully saturated rings. The van der Waals surface area contributed by atoms with Crippen LogP contribution in [0.4, 0.5) is 0 Å². The van der Waals surface area contributed by atoms with Gasteiger partial charge in [0.2, 0.25) is 0 Å². The van der Waals surface area contributed by atoms with Gasteiger partial charge in [0.05, 0.1) is 0 Å². The van der Waals surface area contributed by atoms with Crippen LogP contribution in [0.1, 0.15) is 16.8 Å². The molecule has 0 radical (unpaired) electrons. The number of aromatic nitrogens is 1. The summed E-state index contributed by atoms with van der Waals surface area (Å²) in [5.74, 6) is -0.0177. The van der Waals surface area contributed by atoms with Crippen LogP contribution in [0.5, 0.6) is 0 Å². The van der Waals surface area contributed by atoms with Crippen LogP contribution < -0.4 is 10.6 Å². The molecule has 1 aliphatic heterocycles. The minimum absolute atomic E-state index is 0.0177. The fourth-order valence-corrected chi connectivity index (χ4v) is 2.32. The normalized spacial score (nSPS) is 15.3. The van der Waals surface area contributed by atoms with Crippen molar-refractivity contribution < 1.29 is 4.79 Å². The molecule has 3 N–H and O–H groups in total. The number of nitrogens with one attached hydrogen (secondary N) is 3. The van der Waals surface area contributed by atoms with Gasteiger partial charge < -0.3 is 15.6 Å². The molecule has 0 saturated heterocycles. The molecule has 4 heteroatoms. The van der Waals surface area contributed by atoms with Crippen molar-refractivity contribution >= 4 is 16.8 Å². The predicted octanol–water partition coefficient (Wildman–Crippen LogP) is 1.82. The first kappa shape index (κ1) is 12.0. The fourth-order valence-electron chi connectivity index (χ4n) is 2.32. The van der Waals surface area contributed by atoms with Gasteiger partial charge >= 0.3 is 0 Å². The van der Waals surface area contributed by atoms with Gasteiger partial charge in [-0.3, -0.25) is 4.79 Å².